The highest BCUT2D eigenvalue weighted by Crippen LogP contribution is 2.37. The molecule has 0 radical (unpaired) electrons. The molecule has 0 saturated carbocycles. The highest BCUT2D eigenvalue weighted by molar-refractivity contribution is 5.75. The van der Waals surface area contributed by atoms with Gasteiger partial charge in [0.2, 0.25) is 0 Å². The van der Waals surface area contributed by atoms with Gasteiger partial charge in [0.05, 0.1) is 17.6 Å². The van der Waals surface area contributed by atoms with Crippen LogP contribution in [-0.2, 0) is 15.7 Å². The number of carbonyl (C=O) groups excluding carboxylic acids is 1. The van der Waals surface area contributed by atoms with Gasteiger partial charge in [-0.05, 0) is 6.07 Å². The second-order valence-corrected chi connectivity index (χ2v) is 3.94. The van der Waals surface area contributed by atoms with Gasteiger partial charge in [-0.2, -0.15) is 13.2 Å². The quantitative estimate of drug-likeness (QED) is 0.491. The van der Waals surface area contributed by atoms with E-state index in [9.17, 15) is 38.3 Å². The fraction of sp³-hybridized carbons (Fsp3) is 0.364. The van der Waals surface area contributed by atoms with Crippen LogP contribution < -0.4 is 0 Å². The fourth-order valence-electron chi connectivity index (χ4n) is 1.59. The number of nitro groups is 1. The Morgan fingerprint density at radius 1 is 1.38 bits per heavy atom. The van der Waals surface area contributed by atoms with Gasteiger partial charge in [0.1, 0.15) is 6.10 Å². The first-order valence-corrected chi connectivity index (χ1v) is 5.39. The SMILES string of the molecule is COC(=O)C(O)C(O)c1cc([N+](=O)[O-])ccc1C(F)(F)F. The van der Waals surface area contributed by atoms with E-state index in [-0.39, 0.29) is 0 Å². The zero-order chi connectivity index (χ0) is 16.4. The average molecular weight is 309 g/mol. The van der Waals surface area contributed by atoms with E-state index in [1.54, 1.807) is 0 Å². The number of carbonyl (C=O) groups is 1. The normalized spacial score (nSPS) is 14.4. The smallest absolute Gasteiger partial charge is 0.416 e. The van der Waals surface area contributed by atoms with Crippen molar-refractivity contribution in [3.8, 4) is 0 Å². The lowest BCUT2D eigenvalue weighted by Gasteiger charge is -2.20. The van der Waals surface area contributed by atoms with Crippen molar-refractivity contribution in [3.63, 3.8) is 0 Å². The van der Waals surface area contributed by atoms with Gasteiger partial charge in [0, 0.05) is 17.7 Å². The van der Waals surface area contributed by atoms with E-state index < -0.39 is 46.1 Å². The molecule has 0 bridgehead atoms. The Morgan fingerprint density at radius 3 is 2.38 bits per heavy atom. The van der Waals surface area contributed by atoms with Crippen LogP contribution in [0.4, 0.5) is 18.9 Å². The van der Waals surface area contributed by atoms with E-state index in [2.05, 4.69) is 4.74 Å². The molecule has 21 heavy (non-hydrogen) atoms. The topological polar surface area (TPSA) is 110 Å². The lowest BCUT2D eigenvalue weighted by atomic mass is 9.97. The summed E-state index contributed by atoms with van der Waals surface area (Å²) in [6.45, 7) is 0. The van der Waals surface area contributed by atoms with Crippen LogP contribution in [0, 0.1) is 10.1 Å². The molecule has 0 aromatic heterocycles. The summed E-state index contributed by atoms with van der Waals surface area (Å²) in [6, 6.07) is 1.43. The number of nitro benzene ring substituents is 1. The summed E-state index contributed by atoms with van der Waals surface area (Å²) in [6.07, 6.45) is -9.56. The minimum Gasteiger partial charge on any atom is -0.467 e. The number of alkyl halides is 3. The molecule has 0 spiro atoms. The molecular weight excluding hydrogens is 299 g/mol. The van der Waals surface area contributed by atoms with E-state index in [0.29, 0.717) is 18.2 Å². The standard InChI is InChI=1S/C11H10F3NO6/c1-21-10(18)9(17)8(16)6-4-5(15(19)20)2-3-7(6)11(12,13)14/h2-4,8-9,16-17H,1H3. The largest absolute Gasteiger partial charge is 0.467 e. The molecule has 7 nitrogen and oxygen atoms in total. The predicted octanol–water partition coefficient (Wildman–Crippen LogP) is 1.18. The Morgan fingerprint density at radius 2 is 1.95 bits per heavy atom. The summed E-state index contributed by atoms with van der Waals surface area (Å²) >= 11 is 0. The summed E-state index contributed by atoms with van der Waals surface area (Å²) < 4.78 is 42.5. The van der Waals surface area contributed by atoms with Crippen molar-refractivity contribution >= 4 is 11.7 Å². The van der Waals surface area contributed by atoms with Gasteiger partial charge in [0.25, 0.3) is 5.69 Å². The molecule has 0 heterocycles. The zero-order valence-corrected chi connectivity index (χ0v) is 10.5. The lowest BCUT2D eigenvalue weighted by Crippen LogP contribution is -2.30. The molecule has 0 fully saturated rings. The number of nitrogens with zero attached hydrogens (tertiary/aromatic N) is 1. The van der Waals surface area contributed by atoms with Gasteiger partial charge in [0.15, 0.2) is 6.10 Å². The number of benzene rings is 1. The van der Waals surface area contributed by atoms with Crippen LogP contribution in [0.1, 0.15) is 17.2 Å². The number of hydrogen-bond donors (Lipinski definition) is 2. The third-order valence-electron chi connectivity index (χ3n) is 2.61. The summed E-state index contributed by atoms with van der Waals surface area (Å²) in [5, 5.41) is 29.7. The highest BCUT2D eigenvalue weighted by atomic mass is 19.4. The van der Waals surface area contributed by atoms with E-state index in [1.165, 1.54) is 0 Å². The van der Waals surface area contributed by atoms with Gasteiger partial charge in [-0.1, -0.05) is 0 Å². The molecule has 2 N–H and O–H groups in total. The molecule has 2 atom stereocenters. The van der Waals surface area contributed by atoms with Crippen LogP contribution in [0.15, 0.2) is 18.2 Å². The summed E-state index contributed by atoms with van der Waals surface area (Å²) in [5.74, 6) is -1.37. The zero-order valence-electron chi connectivity index (χ0n) is 10.5. The van der Waals surface area contributed by atoms with Crippen molar-refractivity contribution in [2.75, 3.05) is 7.11 Å². The molecule has 1 rings (SSSR count). The van der Waals surface area contributed by atoms with Crippen LogP contribution >= 0.6 is 0 Å². The third-order valence-corrected chi connectivity index (χ3v) is 2.61. The first kappa shape index (κ1) is 16.9. The van der Waals surface area contributed by atoms with Crippen LogP contribution in [0.25, 0.3) is 0 Å². The second kappa shape index (κ2) is 6.06. The number of aliphatic hydroxyl groups excluding tert-OH is 2. The predicted molar refractivity (Wildman–Crippen MR) is 61.1 cm³/mol. The number of esters is 1. The molecule has 0 aliphatic heterocycles. The van der Waals surface area contributed by atoms with Crippen molar-refractivity contribution in [2.24, 2.45) is 0 Å². The summed E-state index contributed by atoms with van der Waals surface area (Å²) in [5.41, 5.74) is -3.12. The van der Waals surface area contributed by atoms with Gasteiger partial charge in [-0.3, -0.25) is 10.1 Å². The number of rotatable bonds is 4. The van der Waals surface area contributed by atoms with Crippen LogP contribution in [0.3, 0.4) is 0 Å². The van der Waals surface area contributed by atoms with E-state index in [1.807, 2.05) is 0 Å². The maximum absolute atomic E-state index is 12.8. The Balaban J connectivity index is 3.39. The lowest BCUT2D eigenvalue weighted by molar-refractivity contribution is -0.385. The van der Waals surface area contributed by atoms with Crippen LogP contribution in [0.2, 0.25) is 0 Å². The number of hydrogen-bond acceptors (Lipinski definition) is 6. The Hall–Kier alpha value is -2.20. The van der Waals surface area contributed by atoms with E-state index in [4.69, 9.17) is 0 Å². The first-order chi connectivity index (χ1) is 9.59. The van der Waals surface area contributed by atoms with E-state index >= 15 is 0 Å². The molecule has 116 valence electrons. The Bertz CT molecular complexity index is 559. The molecule has 10 heteroatoms. The highest BCUT2D eigenvalue weighted by Gasteiger charge is 2.39. The van der Waals surface area contributed by atoms with Crippen LogP contribution in [0.5, 0.6) is 0 Å². The van der Waals surface area contributed by atoms with Crippen molar-refractivity contribution in [3.05, 3.63) is 39.4 Å². The molecule has 2 unspecified atom stereocenters. The molecule has 1 aromatic carbocycles. The maximum Gasteiger partial charge on any atom is 0.416 e. The molecule has 0 aliphatic carbocycles. The molecule has 0 saturated heterocycles. The van der Waals surface area contributed by atoms with Gasteiger partial charge >= 0.3 is 12.1 Å². The molecule has 1 aromatic rings. The van der Waals surface area contributed by atoms with Crippen molar-refractivity contribution in [1.29, 1.82) is 0 Å². The van der Waals surface area contributed by atoms with Crippen molar-refractivity contribution < 1.29 is 37.8 Å². The number of ether oxygens (including phenoxy) is 1. The number of non-ortho nitro benzene ring substituents is 1. The summed E-state index contributed by atoms with van der Waals surface area (Å²) in [7, 11) is 0.858. The number of methoxy groups -OCH3 is 1. The first-order valence-electron chi connectivity index (χ1n) is 5.39. The van der Waals surface area contributed by atoms with E-state index in [0.717, 1.165) is 7.11 Å². The summed E-state index contributed by atoms with van der Waals surface area (Å²) in [4.78, 5) is 20.7. The second-order valence-electron chi connectivity index (χ2n) is 3.94. The van der Waals surface area contributed by atoms with Crippen molar-refractivity contribution in [1.82, 2.24) is 0 Å². The minimum absolute atomic E-state index is 0.390. The Kier molecular flexibility index (Phi) is 4.86. The average Bonchev–Trinajstić information content (AvgIpc) is 2.43. The Labute approximate surface area is 115 Å². The van der Waals surface area contributed by atoms with Gasteiger partial charge < -0.3 is 14.9 Å². The fourth-order valence-corrected chi connectivity index (χ4v) is 1.59. The van der Waals surface area contributed by atoms with Gasteiger partial charge in [-0.25, -0.2) is 4.79 Å². The maximum atomic E-state index is 12.8. The van der Waals surface area contributed by atoms with Gasteiger partial charge in [-0.15, -0.1) is 0 Å². The molecular formula is C11H10F3NO6. The monoisotopic (exact) mass is 309 g/mol. The minimum atomic E-state index is -4.93. The van der Waals surface area contributed by atoms with Crippen LogP contribution in [-0.4, -0.2) is 34.3 Å². The number of halogens is 3. The number of aliphatic hydroxyl groups is 2. The van der Waals surface area contributed by atoms with Crippen molar-refractivity contribution in [2.45, 2.75) is 18.4 Å². The third kappa shape index (κ3) is 3.67. The molecule has 0 amide bonds. The molecule has 0 aliphatic rings.